The highest BCUT2D eigenvalue weighted by molar-refractivity contribution is 6.12. The number of carboxylic acid groups (broad SMARTS) is 1. The smallest absolute Gasteiger partial charge is 0.449 e. The zero-order valence-electron chi connectivity index (χ0n) is 29.3. The van der Waals surface area contributed by atoms with Gasteiger partial charge in [0.15, 0.2) is 5.78 Å². The summed E-state index contributed by atoms with van der Waals surface area (Å²) in [6.45, 7) is 3.83. The number of nitrogens with zero attached hydrogens (tertiary/aromatic N) is 2. The molecule has 0 aliphatic carbocycles. The van der Waals surface area contributed by atoms with Gasteiger partial charge in [0.2, 0.25) is 11.8 Å². The van der Waals surface area contributed by atoms with E-state index >= 15 is 0 Å². The van der Waals surface area contributed by atoms with Crippen molar-refractivity contribution in [3.05, 3.63) is 75.4 Å². The van der Waals surface area contributed by atoms with E-state index in [-0.39, 0.29) is 61.6 Å². The first-order valence-corrected chi connectivity index (χ1v) is 16.9. The summed E-state index contributed by atoms with van der Waals surface area (Å²) in [6, 6.07) is 5.63. The van der Waals surface area contributed by atoms with Gasteiger partial charge in [-0.05, 0) is 55.4 Å². The van der Waals surface area contributed by atoms with Crippen LogP contribution in [0.3, 0.4) is 0 Å². The third-order valence-electron chi connectivity index (χ3n) is 8.33. The average molecular weight is 738 g/mol. The van der Waals surface area contributed by atoms with E-state index in [4.69, 9.17) is 16.2 Å². The maximum atomic E-state index is 13.5. The number of ketones is 1. The number of unbranched alkanes of at least 4 members (excludes halogenated alkanes) is 2. The molecule has 1 aliphatic rings. The number of imide groups is 1. The molecule has 53 heavy (non-hydrogen) atoms. The number of anilines is 1. The lowest BCUT2D eigenvalue weighted by atomic mass is 9.92. The van der Waals surface area contributed by atoms with Crippen molar-refractivity contribution in [3.8, 4) is 5.75 Å². The number of amides is 6. The molecule has 1 aliphatic heterocycles. The molecule has 0 spiro atoms. The molecule has 0 bridgehead atoms. The number of nitrogens with two attached hydrogens (primary N) is 2. The second-order valence-corrected chi connectivity index (χ2v) is 12.6. The van der Waals surface area contributed by atoms with Gasteiger partial charge in [0.05, 0.1) is 11.0 Å². The lowest BCUT2D eigenvalue weighted by Gasteiger charge is -2.22. The van der Waals surface area contributed by atoms with Crippen LogP contribution < -0.4 is 32.2 Å². The van der Waals surface area contributed by atoms with Crippen molar-refractivity contribution in [3.63, 3.8) is 0 Å². The Bertz CT molecular complexity index is 1740. The van der Waals surface area contributed by atoms with Crippen LogP contribution in [0.15, 0.2) is 48.6 Å². The van der Waals surface area contributed by atoms with Crippen LogP contribution in [0.25, 0.3) is 0 Å². The number of carbonyl (C=O) groups is 7. The van der Waals surface area contributed by atoms with E-state index in [0.29, 0.717) is 30.5 Å². The fourth-order valence-corrected chi connectivity index (χ4v) is 5.45. The van der Waals surface area contributed by atoms with Crippen molar-refractivity contribution in [1.82, 2.24) is 15.5 Å². The summed E-state index contributed by atoms with van der Waals surface area (Å²) in [7, 11) is 0. The Morgan fingerprint density at radius 3 is 2.19 bits per heavy atom. The topological polar surface area (TPSA) is 283 Å². The Labute approximate surface area is 304 Å². The van der Waals surface area contributed by atoms with E-state index < -0.39 is 64.3 Å². The van der Waals surface area contributed by atoms with Crippen LogP contribution in [0.1, 0.15) is 73.9 Å². The van der Waals surface area contributed by atoms with E-state index in [9.17, 15) is 48.8 Å². The molecule has 0 saturated carbocycles. The Morgan fingerprint density at radius 2 is 1.60 bits per heavy atom. The number of nitrogens with one attached hydrogen (secondary N) is 3. The molecule has 0 unspecified atom stereocenters. The summed E-state index contributed by atoms with van der Waals surface area (Å²) in [4.78, 5) is 97.9. The second-order valence-electron chi connectivity index (χ2n) is 12.6. The Balaban J connectivity index is 1.79. The van der Waals surface area contributed by atoms with Gasteiger partial charge in [0, 0.05) is 55.4 Å². The van der Waals surface area contributed by atoms with Gasteiger partial charge in [-0.25, -0.2) is 9.59 Å². The van der Waals surface area contributed by atoms with Gasteiger partial charge in [0.1, 0.15) is 17.4 Å². The Kier molecular flexibility index (Phi) is 15.1. The number of hydrogen-bond acceptors (Lipinski definition) is 11. The van der Waals surface area contributed by atoms with Crippen molar-refractivity contribution in [2.45, 2.75) is 70.9 Å². The first-order valence-electron chi connectivity index (χ1n) is 16.9. The molecule has 2 atom stereocenters. The van der Waals surface area contributed by atoms with Gasteiger partial charge in [0.25, 0.3) is 17.5 Å². The third kappa shape index (κ3) is 12.2. The van der Waals surface area contributed by atoms with Crippen LogP contribution in [0.2, 0.25) is 0 Å². The van der Waals surface area contributed by atoms with Gasteiger partial charge < -0.3 is 37.3 Å². The lowest BCUT2D eigenvalue weighted by molar-refractivity contribution is -0.385. The number of nitro benzene ring substituents is 1. The maximum absolute atomic E-state index is 13.5. The third-order valence-corrected chi connectivity index (χ3v) is 8.33. The molecule has 1 heterocycles. The van der Waals surface area contributed by atoms with Crippen LogP contribution in [0.5, 0.6) is 5.75 Å². The zero-order valence-corrected chi connectivity index (χ0v) is 29.3. The molecule has 3 rings (SSSR count). The first-order chi connectivity index (χ1) is 25.1. The number of Topliss-reactive ketones (excluding diaryl/α,β-unsaturated/α-hetero) is 1. The summed E-state index contributed by atoms with van der Waals surface area (Å²) < 4.78 is 4.92. The SMILES string of the molecule is CC(C)[C@H](N)C(=O)N[C@@H](CCCNC(N)=O)C(=O)Nc1ccc(Cc2c(OC(=O)O)ccc([N+](=O)[O-])c2C(=O)CCCCCN2C(=O)C=CC2=O)cc1. The van der Waals surface area contributed by atoms with Gasteiger partial charge in [-0.15, -0.1) is 0 Å². The number of primary amides is 1. The molecule has 0 aromatic heterocycles. The second kappa shape index (κ2) is 19.4. The largest absolute Gasteiger partial charge is 0.511 e. The van der Waals surface area contributed by atoms with Crippen molar-refractivity contribution in [2.75, 3.05) is 18.4 Å². The molecule has 2 aromatic rings. The van der Waals surface area contributed by atoms with Crippen LogP contribution in [-0.4, -0.2) is 81.7 Å². The minimum Gasteiger partial charge on any atom is -0.449 e. The highest BCUT2D eigenvalue weighted by Crippen LogP contribution is 2.34. The predicted octanol–water partition coefficient (Wildman–Crippen LogP) is 2.77. The molecule has 2 aromatic carbocycles. The fraction of sp³-hybridized carbons (Fsp3) is 0.400. The monoisotopic (exact) mass is 737 g/mol. The number of benzene rings is 2. The molecule has 8 N–H and O–H groups in total. The van der Waals surface area contributed by atoms with Crippen LogP contribution >= 0.6 is 0 Å². The first kappa shape index (κ1) is 41.3. The van der Waals surface area contributed by atoms with Crippen LogP contribution in [0.4, 0.5) is 21.0 Å². The van der Waals surface area contributed by atoms with Crippen molar-refractivity contribution < 1.29 is 48.3 Å². The fourth-order valence-electron chi connectivity index (χ4n) is 5.45. The summed E-state index contributed by atoms with van der Waals surface area (Å²) in [5, 5.41) is 29.2. The number of nitro groups is 1. The molecule has 18 heteroatoms. The average Bonchev–Trinajstić information content (AvgIpc) is 3.42. The molecule has 0 radical (unpaired) electrons. The summed E-state index contributed by atoms with van der Waals surface area (Å²) >= 11 is 0. The quantitative estimate of drug-likeness (QED) is 0.0218. The van der Waals surface area contributed by atoms with E-state index in [1.54, 1.807) is 26.0 Å². The summed E-state index contributed by atoms with van der Waals surface area (Å²) in [5.74, 6) is -3.06. The van der Waals surface area contributed by atoms with E-state index in [0.717, 1.165) is 17.0 Å². The molecule has 0 saturated heterocycles. The van der Waals surface area contributed by atoms with Gasteiger partial charge in [-0.1, -0.05) is 32.4 Å². The Morgan fingerprint density at radius 1 is 0.943 bits per heavy atom. The molecular weight excluding hydrogens is 694 g/mol. The highest BCUT2D eigenvalue weighted by Gasteiger charge is 2.29. The van der Waals surface area contributed by atoms with E-state index in [1.807, 2.05) is 0 Å². The molecule has 284 valence electrons. The lowest BCUT2D eigenvalue weighted by Crippen LogP contribution is -2.51. The van der Waals surface area contributed by atoms with Gasteiger partial charge >= 0.3 is 12.2 Å². The Hall–Kier alpha value is -6.17. The number of carbonyl (C=O) groups excluding carboxylic acids is 6. The number of hydrogen-bond donors (Lipinski definition) is 6. The standard InChI is InChI=1S/C35H43N7O11/c1-20(2)31(36)33(47)40-24(7-6-17-38-34(37)48)32(46)39-22-11-9-21(10-12-22)19-23-27(53-35(49)50)14-13-25(42(51)52)30(23)26(43)8-4-3-5-18-41-28(44)15-16-29(41)45/h9-16,20,24,31H,3-8,17-19,36H2,1-2H3,(H,39,46)(H,40,47)(H,49,50)(H3,37,38,48)/t24-,31-/m0/s1. The molecule has 6 amide bonds. The minimum absolute atomic E-state index is 0.0310. The molecule has 18 nitrogen and oxygen atoms in total. The maximum Gasteiger partial charge on any atom is 0.511 e. The van der Waals surface area contributed by atoms with Crippen molar-refractivity contribution in [2.24, 2.45) is 17.4 Å². The number of rotatable bonds is 20. The van der Waals surface area contributed by atoms with Crippen molar-refractivity contribution in [1.29, 1.82) is 0 Å². The number of ether oxygens (including phenoxy) is 1. The van der Waals surface area contributed by atoms with E-state index in [2.05, 4.69) is 16.0 Å². The van der Waals surface area contributed by atoms with Crippen molar-refractivity contribution >= 4 is 53.0 Å². The highest BCUT2D eigenvalue weighted by atomic mass is 16.7. The van der Waals surface area contributed by atoms with Gasteiger partial charge in [-0.2, -0.15) is 0 Å². The van der Waals surface area contributed by atoms with Crippen LogP contribution in [0, 0.1) is 16.0 Å². The predicted molar refractivity (Wildman–Crippen MR) is 190 cm³/mol. The molecular formula is C35H43N7O11. The normalized spacial score (nSPS) is 13.4. The molecule has 0 fully saturated rings. The zero-order chi connectivity index (χ0) is 39.2. The van der Waals surface area contributed by atoms with Gasteiger partial charge in [-0.3, -0.25) is 39.0 Å². The summed E-state index contributed by atoms with van der Waals surface area (Å²) in [5.41, 5.74) is 11.0. The van der Waals surface area contributed by atoms with E-state index in [1.165, 1.54) is 24.3 Å². The minimum atomic E-state index is -1.70. The van der Waals surface area contributed by atoms with Crippen LogP contribution in [-0.2, 0) is 25.6 Å². The summed E-state index contributed by atoms with van der Waals surface area (Å²) in [6.07, 6.45) is 1.87. The number of urea groups is 1.